The second kappa shape index (κ2) is 4.81. The lowest BCUT2D eigenvalue weighted by molar-refractivity contribution is -0.118. The van der Waals surface area contributed by atoms with Crippen LogP contribution in [0.4, 0.5) is 5.69 Å². The van der Waals surface area contributed by atoms with Crippen molar-refractivity contribution in [2.24, 2.45) is 11.8 Å². The summed E-state index contributed by atoms with van der Waals surface area (Å²) in [6.45, 7) is 6.57. The second-order valence-corrected chi connectivity index (χ2v) is 6.22. The molecule has 3 heteroatoms. The minimum atomic E-state index is 0.00454. The van der Waals surface area contributed by atoms with Crippen LogP contribution in [0.3, 0.4) is 0 Å². The van der Waals surface area contributed by atoms with E-state index in [0.717, 1.165) is 22.1 Å². The van der Waals surface area contributed by atoms with Crippen LogP contribution in [0.5, 0.6) is 0 Å². The Bertz CT molecular complexity index is 442. The van der Waals surface area contributed by atoms with Gasteiger partial charge in [0.2, 0.25) is 5.91 Å². The zero-order valence-electron chi connectivity index (χ0n) is 10.5. The van der Waals surface area contributed by atoms with Gasteiger partial charge >= 0.3 is 0 Å². The number of hydrogen-bond donors (Lipinski definition) is 1. The van der Waals surface area contributed by atoms with Gasteiger partial charge in [0.05, 0.1) is 5.92 Å². The van der Waals surface area contributed by atoms with E-state index in [1.807, 2.05) is 12.1 Å². The summed E-state index contributed by atoms with van der Waals surface area (Å²) < 4.78 is 1.04. The van der Waals surface area contributed by atoms with Gasteiger partial charge in [0.1, 0.15) is 0 Å². The van der Waals surface area contributed by atoms with Gasteiger partial charge in [-0.15, -0.1) is 0 Å². The van der Waals surface area contributed by atoms with Gasteiger partial charge in [0.15, 0.2) is 0 Å². The van der Waals surface area contributed by atoms with Crippen molar-refractivity contribution < 1.29 is 4.79 Å². The van der Waals surface area contributed by atoms with Gasteiger partial charge in [-0.25, -0.2) is 0 Å². The maximum atomic E-state index is 12.0. The Kier molecular flexibility index (Phi) is 3.57. The van der Waals surface area contributed by atoms with Gasteiger partial charge in [0, 0.05) is 10.2 Å². The van der Waals surface area contributed by atoms with Crippen molar-refractivity contribution in [2.75, 3.05) is 5.32 Å². The van der Waals surface area contributed by atoms with E-state index in [4.69, 9.17) is 0 Å². The molecule has 1 aliphatic heterocycles. The molecule has 1 aromatic carbocycles. The monoisotopic (exact) mass is 295 g/mol. The topological polar surface area (TPSA) is 29.1 Å². The lowest BCUT2D eigenvalue weighted by atomic mass is 9.83. The molecule has 2 unspecified atom stereocenters. The third-order valence-corrected chi connectivity index (χ3v) is 3.79. The Hall–Kier alpha value is -0.830. The van der Waals surface area contributed by atoms with E-state index in [-0.39, 0.29) is 11.8 Å². The molecular formula is C14H18BrNO. The van der Waals surface area contributed by atoms with Gasteiger partial charge in [-0.05, 0) is 42.0 Å². The Morgan fingerprint density at radius 3 is 2.71 bits per heavy atom. The van der Waals surface area contributed by atoms with Crippen LogP contribution in [0.2, 0.25) is 0 Å². The summed E-state index contributed by atoms with van der Waals surface area (Å²) in [7, 11) is 0. The molecule has 1 N–H and O–H groups in total. The molecule has 0 saturated heterocycles. The number of nitrogens with one attached hydrogen (secondary N) is 1. The molecular weight excluding hydrogens is 278 g/mol. The highest BCUT2D eigenvalue weighted by Gasteiger charge is 2.34. The zero-order chi connectivity index (χ0) is 12.6. The van der Waals surface area contributed by atoms with Crippen LogP contribution in [-0.2, 0) is 4.79 Å². The maximum Gasteiger partial charge on any atom is 0.232 e. The van der Waals surface area contributed by atoms with Gasteiger partial charge in [-0.1, -0.05) is 36.7 Å². The molecule has 0 aromatic heterocycles. The summed E-state index contributed by atoms with van der Waals surface area (Å²) in [5.74, 6) is 1.15. The van der Waals surface area contributed by atoms with Gasteiger partial charge in [-0.3, -0.25) is 4.79 Å². The van der Waals surface area contributed by atoms with Crippen LogP contribution in [0, 0.1) is 11.8 Å². The van der Waals surface area contributed by atoms with Gasteiger partial charge in [0.25, 0.3) is 0 Å². The highest BCUT2D eigenvalue weighted by atomic mass is 79.9. The molecule has 17 heavy (non-hydrogen) atoms. The van der Waals surface area contributed by atoms with Crippen LogP contribution in [0.15, 0.2) is 22.7 Å². The normalized spacial score (nSPS) is 20.3. The molecule has 1 aromatic rings. The van der Waals surface area contributed by atoms with Crippen molar-refractivity contribution >= 4 is 27.5 Å². The number of carbonyl (C=O) groups is 1. The molecule has 0 aliphatic carbocycles. The molecule has 2 rings (SSSR count). The molecule has 1 amide bonds. The molecule has 1 heterocycles. The van der Waals surface area contributed by atoms with Crippen LogP contribution in [0.1, 0.15) is 38.7 Å². The van der Waals surface area contributed by atoms with Crippen LogP contribution in [0.25, 0.3) is 0 Å². The Balaban J connectivity index is 2.30. The molecule has 1 aliphatic rings. The minimum Gasteiger partial charge on any atom is -0.325 e. The molecule has 0 radical (unpaired) electrons. The first-order chi connectivity index (χ1) is 7.99. The summed E-state index contributed by atoms with van der Waals surface area (Å²) >= 11 is 3.47. The first-order valence-corrected chi connectivity index (χ1v) is 6.88. The molecule has 0 bridgehead atoms. The molecule has 0 spiro atoms. The van der Waals surface area contributed by atoms with Gasteiger partial charge in [-0.2, -0.15) is 0 Å². The Labute approximate surface area is 111 Å². The number of halogens is 1. The van der Waals surface area contributed by atoms with E-state index in [0.29, 0.717) is 11.8 Å². The number of fused-ring (bicyclic) bond motifs is 1. The lowest BCUT2D eigenvalue weighted by Crippen LogP contribution is -2.20. The molecule has 2 nitrogen and oxygen atoms in total. The average molecular weight is 296 g/mol. The molecule has 0 saturated carbocycles. The van der Waals surface area contributed by atoms with E-state index in [1.165, 1.54) is 0 Å². The highest BCUT2D eigenvalue weighted by Crippen LogP contribution is 2.40. The van der Waals surface area contributed by atoms with Crippen LogP contribution in [-0.4, -0.2) is 5.91 Å². The van der Waals surface area contributed by atoms with Crippen molar-refractivity contribution in [1.29, 1.82) is 0 Å². The van der Waals surface area contributed by atoms with E-state index in [1.54, 1.807) is 0 Å². The van der Waals surface area contributed by atoms with Crippen LogP contribution < -0.4 is 5.32 Å². The van der Waals surface area contributed by atoms with Crippen molar-refractivity contribution in [2.45, 2.75) is 33.1 Å². The van der Waals surface area contributed by atoms with Crippen LogP contribution >= 0.6 is 15.9 Å². The first kappa shape index (κ1) is 12.6. The molecule has 2 atom stereocenters. The van der Waals surface area contributed by atoms with E-state index in [2.05, 4.69) is 48.1 Å². The van der Waals surface area contributed by atoms with Crippen molar-refractivity contribution in [3.8, 4) is 0 Å². The Morgan fingerprint density at radius 1 is 1.35 bits per heavy atom. The minimum absolute atomic E-state index is 0.00454. The predicted molar refractivity (Wildman–Crippen MR) is 74.1 cm³/mol. The van der Waals surface area contributed by atoms with E-state index in [9.17, 15) is 4.79 Å². The Morgan fingerprint density at radius 2 is 2.06 bits per heavy atom. The fourth-order valence-corrected chi connectivity index (χ4v) is 3.08. The van der Waals surface area contributed by atoms with Crippen molar-refractivity contribution in [1.82, 2.24) is 0 Å². The summed E-state index contributed by atoms with van der Waals surface area (Å²) in [5, 5.41) is 2.97. The van der Waals surface area contributed by atoms with E-state index < -0.39 is 0 Å². The predicted octanol–water partition coefficient (Wildman–Crippen LogP) is 4.17. The molecule has 92 valence electrons. The first-order valence-electron chi connectivity index (χ1n) is 6.09. The average Bonchev–Trinajstić information content (AvgIpc) is 2.52. The smallest absolute Gasteiger partial charge is 0.232 e. The van der Waals surface area contributed by atoms with Gasteiger partial charge < -0.3 is 5.32 Å². The summed E-state index contributed by atoms with van der Waals surface area (Å²) in [4.78, 5) is 12.0. The maximum absolute atomic E-state index is 12.0. The fraction of sp³-hybridized carbons (Fsp3) is 0.500. The SMILES string of the molecule is CC(C)CC(C)C1C(=O)Nc2ccc(Br)cc21. The quantitative estimate of drug-likeness (QED) is 0.891. The second-order valence-electron chi connectivity index (χ2n) is 5.31. The standard InChI is InChI=1S/C14H18BrNO/c1-8(2)6-9(3)13-11-7-10(15)4-5-12(11)16-14(13)17/h4-5,7-9,13H,6H2,1-3H3,(H,16,17). The number of carbonyl (C=O) groups excluding carboxylic acids is 1. The summed E-state index contributed by atoms with van der Waals surface area (Å²) in [6, 6.07) is 6.00. The molecule has 0 fully saturated rings. The number of anilines is 1. The highest BCUT2D eigenvalue weighted by molar-refractivity contribution is 9.10. The van der Waals surface area contributed by atoms with Crippen molar-refractivity contribution in [3.63, 3.8) is 0 Å². The third-order valence-electron chi connectivity index (χ3n) is 3.30. The number of hydrogen-bond acceptors (Lipinski definition) is 1. The third kappa shape index (κ3) is 2.54. The van der Waals surface area contributed by atoms with E-state index >= 15 is 0 Å². The van der Waals surface area contributed by atoms with Crippen molar-refractivity contribution in [3.05, 3.63) is 28.2 Å². The number of benzene rings is 1. The lowest BCUT2D eigenvalue weighted by Gasteiger charge is -2.19. The fourth-order valence-electron chi connectivity index (χ4n) is 2.70. The number of rotatable bonds is 3. The zero-order valence-corrected chi connectivity index (χ0v) is 12.0. The summed E-state index contributed by atoms with van der Waals surface area (Å²) in [6.07, 6.45) is 1.07. The largest absolute Gasteiger partial charge is 0.325 e. The summed E-state index contributed by atoms with van der Waals surface area (Å²) in [5.41, 5.74) is 2.11. The number of amides is 1.